The summed E-state index contributed by atoms with van der Waals surface area (Å²) in [6.45, 7) is 9.94. The predicted molar refractivity (Wildman–Crippen MR) is 89.7 cm³/mol. The lowest BCUT2D eigenvalue weighted by molar-refractivity contribution is 0.117. The highest BCUT2D eigenvalue weighted by molar-refractivity contribution is 6.18. The van der Waals surface area contributed by atoms with Crippen molar-refractivity contribution in [3.63, 3.8) is 0 Å². The summed E-state index contributed by atoms with van der Waals surface area (Å²) in [5, 5.41) is 14.6. The van der Waals surface area contributed by atoms with E-state index in [0.29, 0.717) is 30.4 Å². The number of aliphatic hydroxyl groups excluding tert-OH is 1. The summed E-state index contributed by atoms with van der Waals surface area (Å²) in [5.41, 5.74) is -0.399. The van der Waals surface area contributed by atoms with Crippen LogP contribution in [0, 0.1) is 0 Å². The van der Waals surface area contributed by atoms with Gasteiger partial charge in [-0.05, 0) is 6.42 Å². The maximum atomic E-state index is 12.7. The number of carbonyl (C=O) groups excluding carboxylic acids is 1. The molecule has 0 aromatic carbocycles. The minimum absolute atomic E-state index is 0.285. The number of rotatable bonds is 7. The van der Waals surface area contributed by atoms with E-state index in [4.69, 9.17) is 16.1 Å². The van der Waals surface area contributed by atoms with Crippen LogP contribution >= 0.6 is 11.6 Å². The second-order valence-corrected chi connectivity index (χ2v) is 6.70. The zero-order valence-electron chi connectivity index (χ0n) is 13.8. The van der Waals surface area contributed by atoms with Gasteiger partial charge in [-0.15, -0.1) is 18.2 Å². The van der Waals surface area contributed by atoms with Crippen LogP contribution in [0.4, 0.5) is 10.6 Å². The van der Waals surface area contributed by atoms with Gasteiger partial charge in [0, 0.05) is 23.9 Å². The van der Waals surface area contributed by atoms with Crippen molar-refractivity contribution in [2.24, 2.45) is 0 Å². The Kier molecular flexibility index (Phi) is 5.37. The fraction of sp³-hybridized carbons (Fsp3) is 0.625. The molecule has 7 heteroatoms. The van der Waals surface area contributed by atoms with Gasteiger partial charge in [-0.3, -0.25) is 0 Å². The van der Waals surface area contributed by atoms with E-state index in [1.165, 1.54) is 4.90 Å². The zero-order valence-corrected chi connectivity index (χ0v) is 14.6. The van der Waals surface area contributed by atoms with Crippen LogP contribution in [0.15, 0.2) is 23.2 Å². The summed E-state index contributed by atoms with van der Waals surface area (Å²) in [6.07, 6.45) is 2.26. The van der Waals surface area contributed by atoms with Crippen molar-refractivity contribution < 1.29 is 14.4 Å². The van der Waals surface area contributed by atoms with E-state index in [0.717, 1.165) is 6.42 Å². The van der Waals surface area contributed by atoms with E-state index in [-0.39, 0.29) is 12.1 Å². The van der Waals surface area contributed by atoms with Gasteiger partial charge in [0.05, 0.1) is 6.04 Å². The van der Waals surface area contributed by atoms with Gasteiger partial charge in [0.1, 0.15) is 5.76 Å². The first-order valence-electron chi connectivity index (χ1n) is 7.79. The molecular weight excluding hydrogens is 318 g/mol. The molecule has 1 aromatic heterocycles. The molecule has 1 saturated heterocycles. The molecule has 0 aliphatic carbocycles. The first-order valence-corrected chi connectivity index (χ1v) is 8.32. The Balaban J connectivity index is 2.32. The van der Waals surface area contributed by atoms with E-state index < -0.39 is 11.6 Å². The van der Waals surface area contributed by atoms with Crippen molar-refractivity contribution in [1.82, 2.24) is 10.1 Å². The summed E-state index contributed by atoms with van der Waals surface area (Å²) < 4.78 is 5.34. The Morgan fingerprint density at radius 2 is 2.26 bits per heavy atom. The van der Waals surface area contributed by atoms with Crippen LogP contribution < -0.4 is 4.90 Å². The molecule has 2 rings (SSSR count). The topological polar surface area (TPSA) is 69.8 Å². The first-order chi connectivity index (χ1) is 10.9. The van der Waals surface area contributed by atoms with Gasteiger partial charge in [-0.1, -0.05) is 38.4 Å². The molecule has 2 heterocycles. The molecule has 0 spiro atoms. The molecule has 0 radical (unpaired) electrons. The Morgan fingerprint density at radius 1 is 1.57 bits per heavy atom. The van der Waals surface area contributed by atoms with Crippen LogP contribution in [0.2, 0.25) is 0 Å². The van der Waals surface area contributed by atoms with E-state index in [2.05, 4.69) is 11.7 Å². The van der Waals surface area contributed by atoms with Gasteiger partial charge in [0.2, 0.25) is 0 Å². The summed E-state index contributed by atoms with van der Waals surface area (Å²) in [7, 11) is 0. The number of urea groups is 1. The Morgan fingerprint density at radius 3 is 2.83 bits per heavy atom. The molecule has 2 unspecified atom stereocenters. The normalized spacial score (nSPS) is 22.0. The number of hydrogen-bond acceptors (Lipinski definition) is 4. The van der Waals surface area contributed by atoms with Gasteiger partial charge < -0.3 is 14.5 Å². The lowest BCUT2D eigenvalue weighted by Crippen LogP contribution is -2.37. The lowest BCUT2D eigenvalue weighted by Gasteiger charge is -2.22. The highest BCUT2D eigenvalue weighted by Gasteiger charge is 2.46. The van der Waals surface area contributed by atoms with E-state index in [9.17, 15) is 9.90 Å². The van der Waals surface area contributed by atoms with E-state index in [1.807, 2.05) is 20.8 Å². The predicted octanol–water partition coefficient (Wildman–Crippen LogP) is 3.11. The number of halogens is 1. The first kappa shape index (κ1) is 17.8. The summed E-state index contributed by atoms with van der Waals surface area (Å²) >= 11 is 5.95. The summed E-state index contributed by atoms with van der Waals surface area (Å²) in [5.74, 6) is 1.25. The third-order valence-electron chi connectivity index (χ3n) is 4.12. The highest BCUT2D eigenvalue weighted by atomic mass is 35.5. The quantitative estimate of drug-likeness (QED) is 0.611. The van der Waals surface area contributed by atoms with Crippen LogP contribution in [0.1, 0.15) is 39.4 Å². The van der Waals surface area contributed by atoms with Crippen molar-refractivity contribution in [3.8, 4) is 0 Å². The van der Waals surface area contributed by atoms with Crippen LogP contribution in [0.25, 0.3) is 0 Å². The van der Waals surface area contributed by atoms with Crippen molar-refractivity contribution >= 4 is 23.4 Å². The van der Waals surface area contributed by atoms with Crippen LogP contribution in [0.5, 0.6) is 0 Å². The second kappa shape index (κ2) is 6.93. The lowest BCUT2D eigenvalue weighted by atomic mass is 9.93. The average molecular weight is 342 g/mol. The third-order valence-corrected chi connectivity index (χ3v) is 4.78. The third kappa shape index (κ3) is 3.23. The number of aromatic nitrogens is 1. The molecule has 2 atom stereocenters. The number of carbonyl (C=O) groups is 1. The monoisotopic (exact) mass is 341 g/mol. The van der Waals surface area contributed by atoms with E-state index >= 15 is 0 Å². The summed E-state index contributed by atoms with van der Waals surface area (Å²) in [4.78, 5) is 15.5. The average Bonchev–Trinajstić information content (AvgIpc) is 3.08. The number of aliphatic hydroxyl groups is 1. The molecule has 23 heavy (non-hydrogen) atoms. The van der Waals surface area contributed by atoms with Crippen molar-refractivity contribution in [1.29, 1.82) is 0 Å². The molecular formula is C16H24ClN3O3. The highest BCUT2D eigenvalue weighted by Crippen LogP contribution is 2.33. The fourth-order valence-electron chi connectivity index (χ4n) is 2.68. The molecule has 128 valence electrons. The maximum Gasteiger partial charge on any atom is 0.328 e. The number of alkyl halides is 1. The van der Waals surface area contributed by atoms with E-state index in [1.54, 1.807) is 17.0 Å². The molecule has 6 nitrogen and oxygen atoms in total. The molecule has 1 aromatic rings. The molecule has 1 N–H and O–H groups in total. The van der Waals surface area contributed by atoms with Crippen molar-refractivity contribution in [3.05, 3.63) is 24.5 Å². The molecule has 2 amide bonds. The fourth-order valence-corrected chi connectivity index (χ4v) is 2.81. The van der Waals surface area contributed by atoms with Gasteiger partial charge >= 0.3 is 6.03 Å². The number of hydrogen-bond donors (Lipinski definition) is 1. The minimum Gasteiger partial charge on any atom is -0.371 e. The van der Waals surface area contributed by atoms with Gasteiger partial charge in [-0.25, -0.2) is 9.69 Å². The smallest absolute Gasteiger partial charge is 0.328 e. The minimum atomic E-state index is -0.959. The Bertz CT molecular complexity index is 573. The van der Waals surface area contributed by atoms with Gasteiger partial charge in [-0.2, -0.15) is 0 Å². The molecule has 1 aliphatic rings. The van der Waals surface area contributed by atoms with Gasteiger partial charge in [0.25, 0.3) is 0 Å². The van der Waals surface area contributed by atoms with Crippen LogP contribution in [-0.4, -0.2) is 45.9 Å². The SMILES string of the molecule is C=CCN1C(=O)N(c2cc(C(C)(C)CCl)on2)C(O)C1CCC. The Labute approximate surface area is 141 Å². The van der Waals surface area contributed by atoms with Crippen LogP contribution in [-0.2, 0) is 5.41 Å². The van der Waals surface area contributed by atoms with Crippen molar-refractivity contribution in [2.45, 2.75) is 51.3 Å². The zero-order chi connectivity index (χ0) is 17.2. The standard InChI is InChI=1S/C16H24ClN3O3/c1-5-7-11-14(21)20(15(22)19(11)8-6-2)13-9-12(23-18-13)16(3,4)10-17/h6,9,11,14,21H,2,5,7-8,10H2,1,3-4H3. The molecule has 0 bridgehead atoms. The number of amides is 2. The molecule has 0 saturated carbocycles. The largest absolute Gasteiger partial charge is 0.371 e. The number of nitrogens with zero attached hydrogens (tertiary/aromatic N) is 3. The van der Waals surface area contributed by atoms with Crippen molar-refractivity contribution in [2.75, 3.05) is 17.3 Å². The maximum absolute atomic E-state index is 12.7. The molecule has 1 aliphatic heterocycles. The molecule has 1 fully saturated rings. The Hall–Kier alpha value is -1.53. The van der Waals surface area contributed by atoms with Gasteiger partial charge in [0.15, 0.2) is 12.0 Å². The summed E-state index contributed by atoms with van der Waals surface area (Å²) in [6, 6.07) is 1.09. The van der Waals surface area contributed by atoms with Crippen LogP contribution in [0.3, 0.4) is 0 Å². The number of anilines is 1. The second-order valence-electron chi connectivity index (χ2n) is 6.43.